The second-order valence-corrected chi connectivity index (χ2v) is 5.42. The molecule has 0 bridgehead atoms. The zero-order valence-electron chi connectivity index (χ0n) is 8.74. The van der Waals surface area contributed by atoms with E-state index in [1.807, 2.05) is 0 Å². The Morgan fingerprint density at radius 3 is 2.86 bits per heavy atom. The van der Waals surface area contributed by atoms with Crippen LogP contribution in [0.15, 0.2) is 0 Å². The van der Waals surface area contributed by atoms with Crippen LogP contribution in [0.25, 0.3) is 0 Å². The van der Waals surface area contributed by atoms with Crippen LogP contribution in [-0.2, 0) is 4.74 Å². The van der Waals surface area contributed by atoms with Gasteiger partial charge < -0.3 is 9.84 Å². The van der Waals surface area contributed by atoms with Crippen LogP contribution in [0.5, 0.6) is 0 Å². The van der Waals surface area contributed by atoms with E-state index in [9.17, 15) is 5.11 Å². The van der Waals surface area contributed by atoms with Crippen molar-refractivity contribution in [3.05, 3.63) is 0 Å². The maximum Gasteiger partial charge on any atom is 0.0679 e. The summed E-state index contributed by atoms with van der Waals surface area (Å²) in [6.45, 7) is 0.940. The van der Waals surface area contributed by atoms with E-state index < -0.39 is 0 Å². The SMILES string of the molecule is OC1(CCC2CCCO2)CCC2CC21. The first-order chi connectivity index (χ1) is 6.78. The molecule has 2 saturated carbocycles. The van der Waals surface area contributed by atoms with Gasteiger partial charge in [0.2, 0.25) is 0 Å². The highest BCUT2D eigenvalue weighted by molar-refractivity contribution is 5.07. The van der Waals surface area contributed by atoms with E-state index in [-0.39, 0.29) is 5.60 Å². The third kappa shape index (κ3) is 1.49. The maximum absolute atomic E-state index is 10.4. The monoisotopic (exact) mass is 196 g/mol. The quantitative estimate of drug-likeness (QED) is 0.749. The van der Waals surface area contributed by atoms with Gasteiger partial charge in [0.25, 0.3) is 0 Å². The standard InChI is InChI=1S/C12H20O2/c13-12(5-3-9-8-11(9)12)6-4-10-2-1-7-14-10/h9-11,13H,1-8H2. The zero-order valence-corrected chi connectivity index (χ0v) is 8.74. The van der Waals surface area contributed by atoms with E-state index in [4.69, 9.17) is 4.74 Å². The van der Waals surface area contributed by atoms with E-state index in [2.05, 4.69) is 0 Å². The van der Waals surface area contributed by atoms with Crippen molar-refractivity contribution in [2.45, 2.75) is 56.7 Å². The lowest BCUT2D eigenvalue weighted by Crippen LogP contribution is -2.29. The van der Waals surface area contributed by atoms with Crippen LogP contribution in [0.3, 0.4) is 0 Å². The summed E-state index contributed by atoms with van der Waals surface area (Å²) < 4.78 is 5.60. The van der Waals surface area contributed by atoms with Gasteiger partial charge in [-0.15, -0.1) is 0 Å². The van der Waals surface area contributed by atoms with E-state index in [0.717, 1.165) is 31.8 Å². The maximum atomic E-state index is 10.4. The molecular formula is C12H20O2. The predicted molar refractivity (Wildman–Crippen MR) is 54.0 cm³/mol. The summed E-state index contributed by atoms with van der Waals surface area (Å²) >= 11 is 0. The van der Waals surface area contributed by atoms with Crippen LogP contribution < -0.4 is 0 Å². The second kappa shape index (κ2) is 3.21. The molecule has 3 rings (SSSR count). The smallest absolute Gasteiger partial charge is 0.0679 e. The summed E-state index contributed by atoms with van der Waals surface area (Å²) in [6.07, 6.45) is 8.57. The summed E-state index contributed by atoms with van der Waals surface area (Å²) in [4.78, 5) is 0. The molecule has 4 atom stereocenters. The van der Waals surface area contributed by atoms with Gasteiger partial charge in [0.15, 0.2) is 0 Å². The lowest BCUT2D eigenvalue weighted by atomic mass is 9.90. The van der Waals surface area contributed by atoms with Crippen molar-refractivity contribution >= 4 is 0 Å². The lowest BCUT2D eigenvalue weighted by molar-refractivity contribution is -0.00180. The number of rotatable bonds is 3. The summed E-state index contributed by atoms with van der Waals surface area (Å²) in [5, 5.41) is 10.4. The van der Waals surface area contributed by atoms with Gasteiger partial charge in [0.1, 0.15) is 0 Å². The molecule has 0 aromatic heterocycles. The number of hydrogen-bond acceptors (Lipinski definition) is 2. The van der Waals surface area contributed by atoms with Crippen molar-refractivity contribution < 1.29 is 9.84 Å². The molecule has 80 valence electrons. The predicted octanol–water partition coefficient (Wildman–Crippen LogP) is 2.11. The van der Waals surface area contributed by atoms with E-state index in [1.165, 1.54) is 25.7 Å². The summed E-state index contributed by atoms with van der Waals surface area (Å²) in [5.74, 6) is 1.54. The van der Waals surface area contributed by atoms with Gasteiger partial charge in [0.05, 0.1) is 11.7 Å². The molecule has 1 N–H and O–H groups in total. The molecule has 4 unspecified atom stereocenters. The first-order valence-electron chi connectivity index (χ1n) is 6.12. The summed E-state index contributed by atoms with van der Waals surface area (Å²) in [5.41, 5.74) is -0.295. The van der Waals surface area contributed by atoms with E-state index in [1.54, 1.807) is 0 Å². The van der Waals surface area contributed by atoms with Gasteiger partial charge in [-0.3, -0.25) is 0 Å². The number of hydrogen-bond donors (Lipinski definition) is 1. The fourth-order valence-corrected chi connectivity index (χ4v) is 3.44. The molecule has 0 radical (unpaired) electrons. The van der Waals surface area contributed by atoms with Crippen molar-refractivity contribution in [3.8, 4) is 0 Å². The van der Waals surface area contributed by atoms with Gasteiger partial charge in [0, 0.05) is 6.61 Å². The molecule has 14 heavy (non-hydrogen) atoms. The first kappa shape index (κ1) is 9.17. The Bertz CT molecular complexity index is 222. The van der Waals surface area contributed by atoms with Gasteiger partial charge in [-0.25, -0.2) is 0 Å². The Morgan fingerprint density at radius 1 is 1.36 bits per heavy atom. The first-order valence-corrected chi connectivity index (χ1v) is 6.12. The molecule has 1 saturated heterocycles. The number of fused-ring (bicyclic) bond motifs is 1. The van der Waals surface area contributed by atoms with Crippen LogP contribution in [0.4, 0.5) is 0 Å². The Morgan fingerprint density at radius 2 is 2.29 bits per heavy atom. The molecule has 3 aliphatic rings. The number of aliphatic hydroxyl groups is 1. The van der Waals surface area contributed by atoms with Crippen molar-refractivity contribution in [3.63, 3.8) is 0 Å². The largest absolute Gasteiger partial charge is 0.390 e. The average molecular weight is 196 g/mol. The molecule has 2 nitrogen and oxygen atoms in total. The van der Waals surface area contributed by atoms with Crippen LogP contribution in [0, 0.1) is 11.8 Å². The fraction of sp³-hybridized carbons (Fsp3) is 1.00. The molecular weight excluding hydrogens is 176 g/mol. The van der Waals surface area contributed by atoms with Crippen LogP contribution in [-0.4, -0.2) is 23.4 Å². The molecule has 0 aromatic rings. The van der Waals surface area contributed by atoms with Gasteiger partial charge >= 0.3 is 0 Å². The highest BCUT2D eigenvalue weighted by Gasteiger charge is 2.56. The second-order valence-electron chi connectivity index (χ2n) is 5.42. The topological polar surface area (TPSA) is 29.5 Å². The van der Waals surface area contributed by atoms with Gasteiger partial charge in [-0.2, -0.15) is 0 Å². The molecule has 0 amide bonds. The van der Waals surface area contributed by atoms with Crippen LogP contribution in [0.1, 0.15) is 44.9 Å². The Balaban J connectivity index is 1.51. The summed E-state index contributed by atoms with van der Waals surface area (Å²) in [6, 6.07) is 0. The molecule has 1 aliphatic heterocycles. The minimum absolute atomic E-state index is 0.295. The molecule has 0 aromatic carbocycles. The van der Waals surface area contributed by atoms with Crippen molar-refractivity contribution in [2.75, 3.05) is 6.61 Å². The molecule has 1 heterocycles. The normalized spacial score (nSPS) is 50.8. The third-order valence-corrected chi connectivity index (χ3v) is 4.48. The molecule has 2 aliphatic carbocycles. The Hall–Kier alpha value is -0.0800. The van der Waals surface area contributed by atoms with Gasteiger partial charge in [-0.05, 0) is 56.8 Å². The van der Waals surface area contributed by atoms with Crippen molar-refractivity contribution in [1.82, 2.24) is 0 Å². The van der Waals surface area contributed by atoms with Crippen LogP contribution in [0.2, 0.25) is 0 Å². The minimum atomic E-state index is -0.295. The average Bonchev–Trinajstić information content (AvgIpc) is 2.67. The minimum Gasteiger partial charge on any atom is -0.390 e. The van der Waals surface area contributed by atoms with E-state index in [0.29, 0.717) is 12.0 Å². The summed E-state index contributed by atoms with van der Waals surface area (Å²) in [7, 11) is 0. The van der Waals surface area contributed by atoms with Crippen molar-refractivity contribution in [1.29, 1.82) is 0 Å². The van der Waals surface area contributed by atoms with Crippen LogP contribution >= 0.6 is 0 Å². The molecule has 3 fully saturated rings. The highest BCUT2D eigenvalue weighted by atomic mass is 16.5. The van der Waals surface area contributed by atoms with Gasteiger partial charge in [-0.1, -0.05) is 0 Å². The Kier molecular flexibility index (Phi) is 2.10. The van der Waals surface area contributed by atoms with E-state index >= 15 is 0 Å². The molecule has 0 spiro atoms. The molecule has 2 heteroatoms. The fourth-order valence-electron chi connectivity index (χ4n) is 3.44. The third-order valence-electron chi connectivity index (χ3n) is 4.48. The number of ether oxygens (including phenoxy) is 1. The Labute approximate surface area is 85.6 Å². The zero-order chi connectivity index (χ0) is 9.60. The highest BCUT2D eigenvalue weighted by Crippen LogP contribution is 2.59. The van der Waals surface area contributed by atoms with Crippen molar-refractivity contribution in [2.24, 2.45) is 11.8 Å². The lowest BCUT2D eigenvalue weighted by Gasteiger charge is -2.25.